The average Bonchev–Trinajstić information content (AvgIpc) is 3.66. The topological polar surface area (TPSA) is 299 Å². The second-order valence-corrected chi connectivity index (χ2v) is 18.0. The molecule has 1 fully saturated rings. The van der Waals surface area contributed by atoms with Crippen LogP contribution in [-0.2, 0) is 82.5 Å². The molecule has 1 aliphatic rings. The third-order valence-electron chi connectivity index (χ3n) is 11.8. The number of rotatable bonds is 47. The Morgan fingerprint density at radius 1 is 0.422 bits per heavy atom. The Bertz CT molecular complexity index is 2070. The lowest BCUT2D eigenvalue weighted by molar-refractivity contribution is -0.144. The molecule has 30 heteroatoms. The summed E-state index contributed by atoms with van der Waals surface area (Å²) >= 11 is 0. The Morgan fingerprint density at radius 3 is 1.04 bits per heavy atom. The minimum absolute atomic E-state index is 0.00423. The van der Waals surface area contributed by atoms with Crippen LogP contribution < -0.4 is 9.47 Å². The van der Waals surface area contributed by atoms with Crippen LogP contribution in [0.5, 0.6) is 11.5 Å². The van der Waals surface area contributed by atoms with Crippen molar-refractivity contribution in [3.63, 3.8) is 0 Å². The Hall–Kier alpha value is -5.29. The van der Waals surface area contributed by atoms with Gasteiger partial charge >= 0.3 is 29.8 Å². The van der Waals surface area contributed by atoms with Crippen LogP contribution in [0.25, 0.3) is 0 Å². The molecule has 2 aromatic rings. The van der Waals surface area contributed by atoms with Gasteiger partial charge in [-0.25, -0.2) is 13.6 Å². The van der Waals surface area contributed by atoms with Gasteiger partial charge < -0.3 is 82.0 Å². The highest BCUT2D eigenvalue weighted by Crippen LogP contribution is 2.26. The predicted octanol–water partition coefficient (Wildman–Crippen LogP) is 0.881. The van der Waals surface area contributed by atoms with Crippen LogP contribution >= 0.6 is 0 Å². The highest BCUT2D eigenvalue weighted by atomic mass is 19.2. The Labute approximate surface area is 479 Å². The fourth-order valence-electron chi connectivity index (χ4n) is 7.59. The van der Waals surface area contributed by atoms with E-state index in [4.69, 9.17) is 56.8 Å². The summed E-state index contributed by atoms with van der Waals surface area (Å²) in [6.07, 6.45) is 0.119. The Morgan fingerprint density at radius 2 is 0.723 bits per heavy atom. The molecule has 0 spiro atoms. The lowest BCUT2D eigenvalue weighted by Crippen LogP contribution is -2.52. The first-order chi connectivity index (χ1) is 40.1. The number of ether oxygens (including phenoxy) is 13. The van der Waals surface area contributed by atoms with Crippen molar-refractivity contribution in [1.29, 1.82) is 0 Å². The molecule has 0 aromatic heterocycles. The maximum Gasteiger partial charge on any atom is 0.337 e. The van der Waals surface area contributed by atoms with Crippen LogP contribution in [-0.4, -0.2) is 300 Å². The van der Waals surface area contributed by atoms with Crippen LogP contribution in [0.4, 0.5) is 17.6 Å². The van der Waals surface area contributed by atoms with Gasteiger partial charge in [-0.1, -0.05) is 12.1 Å². The largest absolute Gasteiger partial charge is 0.491 e. The highest BCUT2D eigenvalue weighted by Gasteiger charge is 2.29. The molecule has 1 heterocycles. The van der Waals surface area contributed by atoms with Crippen LogP contribution in [0.2, 0.25) is 0 Å². The zero-order valence-corrected chi connectivity index (χ0v) is 46.7. The summed E-state index contributed by atoms with van der Waals surface area (Å²) < 4.78 is 123. The number of carbonyl (C=O) groups excluding carboxylic acids is 1. The fraction of sp³-hybridized carbons (Fsp3) is 0.679. The zero-order chi connectivity index (χ0) is 60.3. The quantitative estimate of drug-likeness (QED) is 0.0235. The predicted molar refractivity (Wildman–Crippen MR) is 282 cm³/mol. The number of hydrogen-bond donors (Lipinski definition) is 4. The van der Waals surface area contributed by atoms with Gasteiger partial charge in [0.1, 0.15) is 25.0 Å². The van der Waals surface area contributed by atoms with Crippen molar-refractivity contribution in [2.45, 2.75) is 12.5 Å². The van der Waals surface area contributed by atoms with Gasteiger partial charge in [0.2, 0.25) is 17.4 Å². The molecule has 26 nitrogen and oxygen atoms in total. The molecule has 1 aliphatic heterocycles. The number of carboxylic acids is 4. The summed E-state index contributed by atoms with van der Waals surface area (Å²) in [6.45, 7) is 7.16. The van der Waals surface area contributed by atoms with Gasteiger partial charge in [-0.3, -0.25) is 38.8 Å². The second kappa shape index (κ2) is 45.1. The minimum atomic E-state index is -1.83. The fourth-order valence-corrected chi connectivity index (χ4v) is 7.59. The van der Waals surface area contributed by atoms with Crippen LogP contribution in [0.1, 0.15) is 5.56 Å². The van der Waals surface area contributed by atoms with E-state index < -0.39 is 71.5 Å². The number of aliphatic carboxylic acids is 4. The lowest BCUT2D eigenvalue weighted by Gasteiger charge is -2.35. The summed E-state index contributed by atoms with van der Waals surface area (Å²) in [7, 11) is 0. The Kier molecular flexibility index (Phi) is 39.1. The van der Waals surface area contributed by atoms with Gasteiger partial charge in [0.15, 0.2) is 11.6 Å². The van der Waals surface area contributed by atoms with E-state index in [9.17, 15) is 62.0 Å². The number of carbonyl (C=O) groups is 5. The van der Waals surface area contributed by atoms with E-state index >= 15 is 0 Å². The van der Waals surface area contributed by atoms with E-state index in [0.29, 0.717) is 118 Å². The number of carboxylic acid groups (broad SMARTS) is 4. The summed E-state index contributed by atoms with van der Waals surface area (Å²) in [5, 5.41) is 38.8. The number of hydrogen-bond acceptors (Lipinski definition) is 22. The van der Waals surface area contributed by atoms with Crippen molar-refractivity contribution < 1.29 is 124 Å². The molecule has 4 N–H and O–H groups in total. The maximum atomic E-state index is 13.6. The lowest BCUT2D eigenvalue weighted by atomic mass is 10.0. The molecule has 0 amide bonds. The highest BCUT2D eigenvalue weighted by molar-refractivity contribution is 5.74. The molecular formula is C53H80F4N4O22. The van der Waals surface area contributed by atoms with Crippen molar-refractivity contribution in [3.05, 3.63) is 59.2 Å². The normalized spacial score (nSPS) is 14.7. The summed E-state index contributed by atoms with van der Waals surface area (Å²) in [5.74, 6) is -13.5. The molecule has 2 aromatic carbocycles. The second-order valence-electron chi connectivity index (χ2n) is 18.0. The molecule has 0 saturated carbocycles. The average molecular weight is 1200 g/mol. The molecule has 0 radical (unpaired) electrons. The van der Waals surface area contributed by atoms with Crippen molar-refractivity contribution >= 4 is 29.8 Å². The van der Waals surface area contributed by atoms with Crippen molar-refractivity contribution in [2.24, 2.45) is 0 Å². The minimum Gasteiger partial charge on any atom is -0.491 e. The Balaban J connectivity index is 1.08. The molecule has 472 valence electrons. The molecule has 83 heavy (non-hydrogen) atoms. The van der Waals surface area contributed by atoms with E-state index in [1.165, 1.54) is 0 Å². The summed E-state index contributed by atoms with van der Waals surface area (Å²) in [5.41, 5.74) is 0.720. The first-order valence-corrected chi connectivity index (χ1v) is 27.0. The van der Waals surface area contributed by atoms with Crippen molar-refractivity contribution in [3.8, 4) is 11.5 Å². The maximum absolute atomic E-state index is 13.6. The summed E-state index contributed by atoms with van der Waals surface area (Å²) in [6, 6.07) is 5.99. The third kappa shape index (κ3) is 34.9. The van der Waals surface area contributed by atoms with Gasteiger partial charge in [0, 0.05) is 58.4 Å². The van der Waals surface area contributed by atoms with E-state index in [2.05, 4.69) is 4.74 Å². The van der Waals surface area contributed by atoms with E-state index in [1.54, 1.807) is 43.9 Å². The van der Waals surface area contributed by atoms with Crippen LogP contribution in [0, 0.1) is 23.3 Å². The van der Waals surface area contributed by atoms with Gasteiger partial charge in [-0.15, -0.1) is 0 Å². The molecule has 1 unspecified atom stereocenters. The number of esters is 1. The third-order valence-corrected chi connectivity index (χ3v) is 11.8. The first kappa shape index (κ1) is 72.0. The van der Waals surface area contributed by atoms with Crippen molar-refractivity contribution in [1.82, 2.24) is 19.6 Å². The molecule has 1 atom stereocenters. The number of benzene rings is 2. The SMILES string of the molecule is O=C(O)CN1CCN(CC(=O)O)CCN(C(Cc2ccc(OCCOCCOCCOCCOCCOCCOCCOCCOCCOCCOCCOCC(=O)Oc3c(F)c(F)cc(F)c3F)cc2)C(=O)O)CCN(CC(=O)O)CC1. The van der Waals surface area contributed by atoms with Crippen LogP contribution in [0.3, 0.4) is 0 Å². The van der Waals surface area contributed by atoms with Gasteiger partial charge in [0.05, 0.1) is 158 Å². The smallest absolute Gasteiger partial charge is 0.337 e. The standard InChI is InChI=1S/C53H80F4N4O22/c54-43-36-44(55)51(57)52(50(43)56)83-49(68)40-81-32-31-79-28-27-77-24-23-75-20-19-73-16-15-71-13-14-72-17-18-74-21-22-76-25-26-78-29-30-80-33-34-82-42-3-1-41(2-4-42)35-45(53(69)70)61-11-9-59(38-47(64)65)7-5-58(37-46(62)63)6-8-60(10-12-61)39-48(66)67/h1-4,36,45H,5-35,37-40H2,(H,62,63)(H,64,65)(H,66,67)(H,69,70). The molecule has 1 saturated heterocycles. The van der Waals surface area contributed by atoms with E-state index in [0.717, 1.165) is 5.56 Å². The van der Waals surface area contributed by atoms with E-state index in [-0.39, 0.29) is 118 Å². The van der Waals surface area contributed by atoms with Gasteiger partial charge in [-0.05, 0) is 24.1 Å². The monoisotopic (exact) mass is 1200 g/mol. The summed E-state index contributed by atoms with van der Waals surface area (Å²) in [4.78, 5) is 65.8. The molecule has 0 aliphatic carbocycles. The number of nitrogens with zero attached hydrogens (tertiary/aromatic N) is 4. The van der Waals surface area contributed by atoms with Gasteiger partial charge in [0.25, 0.3) is 0 Å². The van der Waals surface area contributed by atoms with Crippen LogP contribution in [0.15, 0.2) is 30.3 Å². The van der Waals surface area contributed by atoms with Crippen molar-refractivity contribution in [2.75, 3.05) is 224 Å². The molecule has 0 bridgehead atoms. The first-order valence-electron chi connectivity index (χ1n) is 27.0. The van der Waals surface area contributed by atoms with E-state index in [1.807, 2.05) is 0 Å². The number of halogens is 4. The molecular weight excluding hydrogens is 1120 g/mol. The van der Waals surface area contributed by atoms with Gasteiger partial charge in [-0.2, -0.15) is 8.78 Å². The zero-order valence-electron chi connectivity index (χ0n) is 46.7. The molecule has 3 rings (SSSR count).